The second-order valence-electron chi connectivity index (χ2n) is 6.26. The zero-order valence-electron chi connectivity index (χ0n) is 13.0. The van der Waals surface area contributed by atoms with Crippen molar-refractivity contribution in [2.45, 2.75) is 57.2 Å². The highest BCUT2D eigenvalue weighted by molar-refractivity contribution is 9.09. The van der Waals surface area contributed by atoms with Gasteiger partial charge in [-0.15, -0.1) is 0 Å². The molecule has 0 radical (unpaired) electrons. The number of rotatable bonds is 5. The molecular formula is C18H27BrO. The Hall–Kier alpha value is -0.500. The van der Waals surface area contributed by atoms with Crippen LogP contribution in [0.4, 0.5) is 0 Å². The average molecular weight is 339 g/mol. The van der Waals surface area contributed by atoms with Crippen molar-refractivity contribution in [3.8, 4) is 5.75 Å². The second kappa shape index (κ2) is 7.49. The number of alkyl halides is 1. The van der Waals surface area contributed by atoms with Crippen molar-refractivity contribution in [2.24, 2.45) is 11.8 Å². The third-order valence-corrected chi connectivity index (χ3v) is 5.82. The van der Waals surface area contributed by atoms with E-state index < -0.39 is 0 Å². The Bertz CT molecular complexity index is 429. The minimum atomic E-state index is 0.667. The predicted molar refractivity (Wildman–Crippen MR) is 89.9 cm³/mol. The molecule has 1 aromatic rings. The highest BCUT2D eigenvalue weighted by Gasteiger charge is 2.29. The first-order valence-electron chi connectivity index (χ1n) is 7.91. The number of hydrogen-bond acceptors (Lipinski definition) is 1. The van der Waals surface area contributed by atoms with Gasteiger partial charge in [-0.3, -0.25) is 0 Å². The van der Waals surface area contributed by atoms with Gasteiger partial charge in [-0.2, -0.15) is 0 Å². The van der Waals surface area contributed by atoms with Gasteiger partial charge in [0.1, 0.15) is 5.75 Å². The van der Waals surface area contributed by atoms with Gasteiger partial charge in [-0.25, -0.2) is 0 Å². The molecule has 112 valence electrons. The van der Waals surface area contributed by atoms with Crippen molar-refractivity contribution >= 4 is 15.9 Å². The number of ether oxygens (including phenoxy) is 1. The van der Waals surface area contributed by atoms with E-state index in [0.29, 0.717) is 4.83 Å². The monoisotopic (exact) mass is 338 g/mol. The van der Waals surface area contributed by atoms with E-state index in [2.05, 4.69) is 48.0 Å². The fourth-order valence-corrected chi connectivity index (χ4v) is 4.22. The molecule has 3 atom stereocenters. The summed E-state index contributed by atoms with van der Waals surface area (Å²) in [4.78, 5) is 0.667. The quantitative estimate of drug-likeness (QED) is 0.641. The topological polar surface area (TPSA) is 9.23 Å². The molecule has 2 rings (SSSR count). The molecule has 1 saturated carbocycles. The molecule has 0 amide bonds. The molecule has 1 fully saturated rings. The molecular weight excluding hydrogens is 312 g/mol. The van der Waals surface area contributed by atoms with Gasteiger partial charge in [0.25, 0.3) is 0 Å². The summed E-state index contributed by atoms with van der Waals surface area (Å²) in [5.74, 6) is 2.72. The van der Waals surface area contributed by atoms with Crippen LogP contribution in [0, 0.1) is 18.8 Å². The lowest BCUT2D eigenvalue weighted by Crippen LogP contribution is -2.27. The van der Waals surface area contributed by atoms with Crippen LogP contribution in [0.5, 0.6) is 5.75 Å². The molecule has 0 heterocycles. The highest BCUT2D eigenvalue weighted by Crippen LogP contribution is 2.39. The summed E-state index contributed by atoms with van der Waals surface area (Å²) >= 11 is 3.91. The van der Waals surface area contributed by atoms with E-state index in [1.54, 1.807) is 7.11 Å². The van der Waals surface area contributed by atoms with Gasteiger partial charge in [0.05, 0.1) is 7.11 Å². The summed E-state index contributed by atoms with van der Waals surface area (Å²) in [6.45, 7) is 4.47. The smallest absolute Gasteiger partial charge is 0.122 e. The Morgan fingerprint density at radius 2 is 2.10 bits per heavy atom. The van der Waals surface area contributed by atoms with Crippen molar-refractivity contribution < 1.29 is 4.74 Å². The van der Waals surface area contributed by atoms with Crippen LogP contribution < -0.4 is 4.74 Å². The maximum atomic E-state index is 5.54. The molecule has 0 aromatic heterocycles. The van der Waals surface area contributed by atoms with Crippen LogP contribution in [0.25, 0.3) is 0 Å². The summed E-state index contributed by atoms with van der Waals surface area (Å²) in [6.07, 6.45) is 7.93. The van der Waals surface area contributed by atoms with Crippen molar-refractivity contribution in [3.63, 3.8) is 0 Å². The molecule has 0 saturated heterocycles. The third kappa shape index (κ3) is 4.00. The Morgan fingerprint density at radius 1 is 1.30 bits per heavy atom. The van der Waals surface area contributed by atoms with Crippen molar-refractivity contribution in [1.82, 2.24) is 0 Å². The highest BCUT2D eigenvalue weighted by atomic mass is 79.9. The van der Waals surface area contributed by atoms with E-state index in [1.165, 1.54) is 43.2 Å². The molecule has 0 aliphatic heterocycles. The molecule has 20 heavy (non-hydrogen) atoms. The SMILES string of the molecule is CCCC1CCC(Br)C(Cc2cc(C)ccc2OC)C1. The lowest BCUT2D eigenvalue weighted by Gasteiger charge is -2.33. The molecule has 2 heteroatoms. The number of halogens is 1. The maximum Gasteiger partial charge on any atom is 0.122 e. The van der Waals surface area contributed by atoms with E-state index in [1.807, 2.05) is 0 Å². The van der Waals surface area contributed by atoms with E-state index in [-0.39, 0.29) is 0 Å². The fourth-order valence-electron chi connectivity index (χ4n) is 3.56. The number of aryl methyl sites for hydroxylation is 1. The minimum Gasteiger partial charge on any atom is -0.496 e. The number of methoxy groups -OCH3 is 1. The summed E-state index contributed by atoms with van der Waals surface area (Å²) in [5, 5.41) is 0. The Labute approximate surface area is 132 Å². The zero-order chi connectivity index (χ0) is 14.5. The number of hydrogen-bond donors (Lipinski definition) is 0. The number of benzene rings is 1. The van der Waals surface area contributed by atoms with Gasteiger partial charge >= 0.3 is 0 Å². The molecule has 0 spiro atoms. The first-order chi connectivity index (χ1) is 9.63. The summed E-state index contributed by atoms with van der Waals surface area (Å²) in [6, 6.07) is 6.54. The largest absolute Gasteiger partial charge is 0.496 e. The standard InChI is InChI=1S/C18H27BrO/c1-4-5-14-7-8-17(19)15(11-14)12-16-10-13(2)6-9-18(16)20-3/h6,9-10,14-15,17H,4-5,7-8,11-12H2,1-3H3. The van der Waals surface area contributed by atoms with E-state index in [4.69, 9.17) is 4.74 Å². The molecule has 1 aliphatic carbocycles. The summed E-state index contributed by atoms with van der Waals surface area (Å²) < 4.78 is 5.54. The Balaban J connectivity index is 2.09. The molecule has 0 N–H and O–H groups in total. The Kier molecular flexibility index (Phi) is 5.95. The molecule has 1 aliphatic rings. The van der Waals surface area contributed by atoms with Crippen LogP contribution >= 0.6 is 15.9 Å². The molecule has 1 aromatic carbocycles. The van der Waals surface area contributed by atoms with Crippen LogP contribution in [0.2, 0.25) is 0 Å². The first kappa shape index (κ1) is 15.9. The molecule has 0 bridgehead atoms. The zero-order valence-corrected chi connectivity index (χ0v) is 14.6. The lowest BCUT2D eigenvalue weighted by molar-refractivity contribution is 0.261. The van der Waals surface area contributed by atoms with Crippen LogP contribution in [0.15, 0.2) is 18.2 Å². The lowest BCUT2D eigenvalue weighted by atomic mass is 9.77. The van der Waals surface area contributed by atoms with E-state index >= 15 is 0 Å². The van der Waals surface area contributed by atoms with E-state index in [9.17, 15) is 0 Å². The van der Waals surface area contributed by atoms with Gasteiger partial charge in [0.2, 0.25) is 0 Å². The van der Waals surface area contributed by atoms with Gasteiger partial charge in [-0.1, -0.05) is 53.4 Å². The summed E-state index contributed by atoms with van der Waals surface area (Å²) in [7, 11) is 1.78. The minimum absolute atomic E-state index is 0.667. The van der Waals surface area contributed by atoms with Gasteiger partial charge in [-0.05, 0) is 56.1 Å². The van der Waals surface area contributed by atoms with E-state index in [0.717, 1.165) is 24.0 Å². The van der Waals surface area contributed by atoms with Crippen LogP contribution in [0.1, 0.15) is 50.2 Å². The second-order valence-corrected chi connectivity index (χ2v) is 7.44. The predicted octanol–water partition coefficient (Wildman–Crippen LogP) is 5.53. The molecule has 3 unspecified atom stereocenters. The van der Waals surface area contributed by atoms with Gasteiger partial charge in [0, 0.05) is 4.83 Å². The van der Waals surface area contributed by atoms with Crippen LogP contribution in [-0.2, 0) is 6.42 Å². The first-order valence-corrected chi connectivity index (χ1v) is 8.83. The average Bonchev–Trinajstić information content (AvgIpc) is 2.43. The maximum absolute atomic E-state index is 5.54. The van der Waals surface area contributed by atoms with Gasteiger partial charge < -0.3 is 4.74 Å². The van der Waals surface area contributed by atoms with Crippen LogP contribution in [0.3, 0.4) is 0 Å². The van der Waals surface area contributed by atoms with Crippen LogP contribution in [-0.4, -0.2) is 11.9 Å². The van der Waals surface area contributed by atoms with Crippen molar-refractivity contribution in [1.29, 1.82) is 0 Å². The van der Waals surface area contributed by atoms with Crippen molar-refractivity contribution in [3.05, 3.63) is 29.3 Å². The van der Waals surface area contributed by atoms with Crippen molar-refractivity contribution in [2.75, 3.05) is 7.11 Å². The third-order valence-electron chi connectivity index (χ3n) is 4.61. The Morgan fingerprint density at radius 3 is 2.80 bits per heavy atom. The normalized spacial score (nSPS) is 26.5. The summed E-state index contributed by atoms with van der Waals surface area (Å²) in [5.41, 5.74) is 2.70. The molecule has 1 nitrogen and oxygen atoms in total. The fraction of sp³-hybridized carbons (Fsp3) is 0.667. The van der Waals surface area contributed by atoms with Gasteiger partial charge in [0.15, 0.2) is 0 Å².